The summed E-state index contributed by atoms with van der Waals surface area (Å²) >= 11 is 2.11. The average Bonchev–Trinajstić information content (AvgIpc) is 2.35. The van der Waals surface area contributed by atoms with Crippen LogP contribution < -0.4 is 0 Å². The van der Waals surface area contributed by atoms with Gasteiger partial charge in [-0.2, -0.15) is 0 Å². The maximum absolute atomic E-state index is 11.7. The summed E-state index contributed by atoms with van der Waals surface area (Å²) < 4.78 is 4.82. The van der Waals surface area contributed by atoms with Crippen molar-refractivity contribution in [3.05, 3.63) is 0 Å². The Hall–Kier alpha value is -0.220. The van der Waals surface area contributed by atoms with Crippen LogP contribution >= 0.6 is 30.1 Å². The number of ether oxygens (including phenoxy) is 1. The molecule has 0 N–H and O–H groups in total. The van der Waals surface area contributed by atoms with Crippen molar-refractivity contribution in [1.82, 2.24) is 0 Å². The van der Waals surface area contributed by atoms with Gasteiger partial charge in [0.25, 0.3) is 0 Å². The second kappa shape index (κ2) is 10.7. The van der Waals surface area contributed by atoms with E-state index in [1.807, 2.05) is 6.92 Å². The van der Waals surface area contributed by atoms with Crippen LogP contribution in [0.15, 0.2) is 0 Å². The van der Waals surface area contributed by atoms with Gasteiger partial charge in [-0.1, -0.05) is 12.8 Å². The lowest BCUT2D eigenvalue weighted by molar-refractivity contribution is -0.147. The first-order valence-electron chi connectivity index (χ1n) is 5.85. The number of carbonyl (C=O) groups excluding carboxylic acids is 2. The second-order valence-corrected chi connectivity index (χ2v) is 5.92. The van der Waals surface area contributed by atoms with Crippen LogP contribution in [0.25, 0.3) is 0 Å². The summed E-state index contributed by atoms with van der Waals surface area (Å²) in [6.45, 7) is 3.56. The van der Waals surface area contributed by atoms with Crippen molar-refractivity contribution in [2.75, 3.05) is 7.11 Å². The molecule has 2 unspecified atom stereocenters. The van der Waals surface area contributed by atoms with Crippen LogP contribution in [0, 0.1) is 23.0 Å². The fraction of sp³-hybridized carbons (Fsp3) is 0.692. The van der Waals surface area contributed by atoms with Gasteiger partial charge in [0.05, 0.1) is 13.0 Å². The molecule has 5 heteroatoms. The highest BCUT2D eigenvalue weighted by molar-refractivity contribution is 14.2. The summed E-state index contributed by atoms with van der Waals surface area (Å²) in [5.41, 5.74) is 0. The van der Waals surface area contributed by atoms with Gasteiger partial charge in [-0.15, -0.1) is 0 Å². The van der Waals surface area contributed by atoms with E-state index in [0.717, 1.165) is 6.42 Å². The average molecular weight is 382 g/mol. The molecule has 2 atom stereocenters. The Kier molecular flexibility index (Phi) is 10.5. The number of Topliss-reactive ketones (excluding diaryl/α,β-unsaturated/α-hetero) is 1. The molecule has 0 aliphatic heterocycles. The number of halogens is 1. The molecule has 0 aromatic rings. The number of esters is 1. The van der Waals surface area contributed by atoms with Crippen LogP contribution in [0.3, 0.4) is 0 Å². The summed E-state index contributed by atoms with van der Waals surface area (Å²) in [7, 11) is 2.84. The summed E-state index contributed by atoms with van der Waals surface area (Å²) in [6.07, 6.45) is 2.61. The van der Waals surface area contributed by atoms with E-state index >= 15 is 0 Å². The lowest BCUT2D eigenvalue weighted by Gasteiger charge is -2.20. The molecule has 102 valence electrons. The standard InChI is InChI=1S/C13H19IO3S/c1-10(7-8-11(2)15)12(13(16)17-3)6-4-5-9-18-14/h10,12H,4,6-8H2,1-3H3. The van der Waals surface area contributed by atoms with Crippen molar-refractivity contribution >= 4 is 41.9 Å². The Morgan fingerprint density at radius 3 is 2.56 bits per heavy atom. The summed E-state index contributed by atoms with van der Waals surface area (Å²) in [4.78, 5) is 22.7. The van der Waals surface area contributed by atoms with Crippen LogP contribution in [0.5, 0.6) is 0 Å². The topological polar surface area (TPSA) is 43.4 Å². The molecule has 0 aliphatic rings. The molecule has 0 saturated carbocycles. The molecule has 0 fully saturated rings. The van der Waals surface area contributed by atoms with Gasteiger partial charge in [0.1, 0.15) is 5.78 Å². The van der Waals surface area contributed by atoms with Gasteiger partial charge in [-0.3, -0.25) is 4.79 Å². The largest absolute Gasteiger partial charge is 0.469 e. The first kappa shape index (κ1) is 17.8. The van der Waals surface area contributed by atoms with Gasteiger partial charge in [-0.25, -0.2) is 0 Å². The fourth-order valence-corrected chi connectivity index (χ4v) is 2.35. The number of carbonyl (C=O) groups is 2. The zero-order valence-electron chi connectivity index (χ0n) is 11.0. The van der Waals surface area contributed by atoms with Crippen LogP contribution in [-0.4, -0.2) is 18.9 Å². The van der Waals surface area contributed by atoms with Crippen molar-refractivity contribution in [2.45, 2.75) is 39.5 Å². The summed E-state index contributed by atoms with van der Waals surface area (Å²) in [5, 5.41) is 2.90. The minimum atomic E-state index is -0.199. The van der Waals surface area contributed by atoms with Crippen LogP contribution in [0.2, 0.25) is 0 Å². The van der Waals surface area contributed by atoms with E-state index < -0.39 is 0 Å². The zero-order valence-corrected chi connectivity index (χ0v) is 14.0. The number of hydrogen-bond donors (Lipinski definition) is 0. The molecule has 18 heavy (non-hydrogen) atoms. The molecule has 0 amide bonds. The monoisotopic (exact) mass is 382 g/mol. The van der Waals surface area contributed by atoms with Crippen molar-refractivity contribution in [1.29, 1.82) is 0 Å². The molecule has 0 aliphatic carbocycles. The molecule has 0 heterocycles. The summed E-state index contributed by atoms with van der Waals surface area (Å²) in [5.74, 6) is 2.94. The Labute approximate surface area is 125 Å². The Morgan fingerprint density at radius 2 is 2.06 bits per heavy atom. The molecule has 0 aromatic heterocycles. The van der Waals surface area contributed by atoms with Gasteiger partial charge in [0, 0.05) is 34.0 Å². The van der Waals surface area contributed by atoms with Gasteiger partial charge >= 0.3 is 5.97 Å². The normalized spacial score (nSPS) is 13.1. The minimum Gasteiger partial charge on any atom is -0.469 e. The molecule has 0 radical (unpaired) electrons. The second-order valence-electron chi connectivity index (χ2n) is 4.24. The molecular formula is C13H19IO3S. The van der Waals surface area contributed by atoms with E-state index in [9.17, 15) is 9.59 Å². The lowest BCUT2D eigenvalue weighted by Crippen LogP contribution is -2.23. The SMILES string of the molecule is COC(=O)C(CCC#CSI)C(C)CCC(C)=O. The molecule has 0 aromatic carbocycles. The van der Waals surface area contributed by atoms with E-state index in [1.54, 1.807) is 6.92 Å². The lowest BCUT2D eigenvalue weighted by atomic mass is 9.86. The predicted octanol–water partition coefficient (Wildman–Crippen LogP) is 3.61. The first-order valence-corrected chi connectivity index (χ1v) is 9.21. The van der Waals surface area contributed by atoms with E-state index in [2.05, 4.69) is 32.4 Å². The number of methoxy groups -OCH3 is 1. The molecule has 0 saturated heterocycles. The van der Waals surface area contributed by atoms with Crippen molar-refractivity contribution < 1.29 is 14.3 Å². The molecule has 0 spiro atoms. The van der Waals surface area contributed by atoms with E-state index in [0.29, 0.717) is 19.3 Å². The van der Waals surface area contributed by atoms with Crippen molar-refractivity contribution in [3.8, 4) is 11.2 Å². The number of rotatable bonds is 7. The number of ketones is 1. The molecule has 0 rings (SSSR count). The zero-order chi connectivity index (χ0) is 14.0. The third-order valence-corrected chi connectivity index (χ3v) is 3.72. The van der Waals surface area contributed by atoms with Crippen LogP contribution in [0.1, 0.15) is 39.5 Å². The minimum absolute atomic E-state index is 0.149. The van der Waals surface area contributed by atoms with Crippen molar-refractivity contribution in [3.63, 3.8) is 0 Å². The maximum Gasteiger partial charge on any atom is 0.308 e. The maximum atomic E-state index is 11.7. The highest BCUT2D eigenvalue weighted by Crippen LogP contribution is 2.23. The Morgan fingerprint density at radius 1 is 1.39 bits per heavy atom. The predicted molar refractivity (Wildman–Crippen MR) is 83.2 cm³/mol. The third-order valence-electron chi connectivity index (χ3n) is 2.83. The highest BCUT2D eigenvalue weighted by Gasteiger charge is 2.25. The van der Waals surface area contributed by atoms with Gasteiger partial charge < -0.3 is 9.53 Å². The van der Waals surface area contributed by atoms with E-state index in [1.165, 1.54) is 16.0 Å². The molecule has 3 nitrogen and oxygen atoms in total. The molecule has 0 bridgehead atoms. The van der Waals surface area contributed by atoms with Crippen molar-refractivity contribution in [2.24, 2.45) is 11.8 Å². The molecular weight excluding hydrogens is 363 g/mol. The first-order chi connectivity index (χ1) is 8.52. The summed E-state index contributed by atoms with van der Waals surface area (Å²) in [6, 6.07) is 0. The van der Waals surface area contributed by atoms with E-state index in [4.69, 9.17) is 4.74 Å². The quantitative estimate of drug-likeness (QED) is 0.383. The van der Waals surface area contributed by atoms with E-state index in [-0.39, 0.29) is 23.6 Å². The smallest absolute Gasteiger partial charge is 0.308 e. The van der Waals surface area contributed by atoms with Crippen LogP contribution in [-0.2, 0) is 14.3 Å². The van der Waals surface area contributed by atoms with Crippen LogP contribution in [0.4, 0.5) is 0 Å². The Balaban J connectivity index is 4.37. The third kappa shape index (κ3) is 7.98. The number of hydrogen-bond acceptors (Lipinski definition) is 4. The Bertz CT molecular complexity index is 333. The van der Waals surface area contributed by atoms with Gasteiger partial charge in [-0.05, 0) is 39.9 Å². The van der Waals surface area contributed by atoms with Gasteiger partial charge in [0.2, 0.25) is 0 Å². The highest BCUT2D eigenvalue weighted by atomic mass is 127. The fourth-order valence-electron chi connectivity index (χ4n) is 1.72. The van der Waals surface area contributed by atoms with Gasteiger partial charge in [0.15, 0.2) is 0 Å².